The number of aromatic nitrogens is 1. The van der Waals surface area contributed by atoms with Crippen molar-refractivity contribution < 1.29 is 9.21 Å². The number of benzene rings is 2. The minimum absolute atomic E-state index is 0.0924. The van der Waals surface area contributed by atoms with Gasteiger partial charge in [0, 0.05) is 22.7 Å². The van der Waals surface area contributed by atoms with E-state index in [1.54, 1.807) is 30.3 Å². The molecule has 0 saturated carbocycles. The maximum absolute atomic E-state index is 11.9. The Morgan fingerprint density at radius 2 is 1.87 bits per heavy atom. The predicted octanol–water partition coefficient (Wildman–Crippen LogP) is 4.54. The van der Waals surface area contributed by atoms with Gasteiger partial charge in [-0.05, 0) is 29.8 Å². The van der Waals surface area contributed by atoms with Crippen LogP contribution in [0.15, 0.2) is 52.1 Å². The highest BCUT2D eigenvalue weighted by atomic mass is 35.5. The Morgan fingerprint density at radius 3 is 2.65 bits per heavy atom. The minimum Gasteiger partial charge on any atom is -0.431 e. The third-order valence-electron chi connectivity index (χ3n) is 3.06. The van der Waals surface area contributed by atoms with Gasteiger partial charge in [0.15, 0.2) is 5.58 Å². The van der Waals surface area contributed by atoms with Crippen LogP contribution < -0.4 is 5.32 Å². The summed E-state index contributed by atoms with van der Waals surface area (Å²) in [5.74, 6) is 0.138. The summed E-state index contributed by atoms with van der Waals surface area (Å²) in [6.07, 6.45) is 0. The number of nitrogens with one attached hydrogen (secondary N) is 1. The first kappa shape index (κ1) is 16.2. The molecule has 0 radical (unpaired) electrons. The fourth-order valence-corrected chi connectivity index (χ4v) is 2.88. The van der Waals surface area contributed by atoms with Crippen LogP contribution in [-0.4, -0.2) is 16.6 Å². The van der Waals surface area contributed by atoms with E-state index in [2.05, 4.69) is 10.3 Å². The average Bonchev–Trinajstić information content (AvgIpc) is 2.94. The quantitative estimate of drug-likeness (QED) is 0.673. The lowest BCUT2D eigenvalue weighted by Crippen LogP contribution is -2.24. The van der Waals surface area contributed by atoms with Crippen LogP contribution in [0.1, 0.15) is 5.56 Å². The zero-order valence-electron chi connectivity index (χ0n) is 11.9. The van der Waals surface area contributed by atoms with Gasteiger partial charge < -0.3 is 9.73 Å². The van der Waals surface area contributed by atoms with Crippen LogP contribution in [0, 0.1) is 0 Å². The molecular formula is C16H12Cl2N2O2S. The number of halogens is 2. The highest BCUT2D eigenvalue weighted by Crippen LogP contribution is 2.25. The Hall–Kier alpha value is -1.69. The van der Waals surface area contributed by atoms with E-state index in [0.29, 0.717) is 27.4 Å². The molecule has 7 heteroatoms. The summed E-state index contributed by atoms with van der Waals surface area (Å²) in [7, 11) is 0. The van der Waals surface area contributed by atoms with Crippen LogP contribution in [0.25, 0.3) is 11.1 Å². The lowest BCUT2D eigenvalue weighted by Gasteiger charge is -2.04. The number of hydrogen-bond acceptors (Lipinski definition) is 4. The maximum atomic E-state index is 11.9. The molecule has 23 heavy (non-hydrogen) atoms. The molecular weight excluding hydrogens is 355 g/mol. The summed E-state index contributed by atoms with van der Waals surface area (Å²) in [5.41, 5.74) is 2.32. The summed E-state index contributed by atoms with van der Waals surface area (Å²) < 4.78 is 5.55. The number of fused-ring (bicyclic) bond motifs is 1. The van der Waals surface area contributed by atoms with E-state index in [1.807, 2.05) is 12.1 Å². The monoisotopic (exact) mass is 366 g/mol. The first-order valence-corrected chi connectivity index (χ1v) is 8.54. The van der Waals surface area contributed by atoms with Crippen molar-refractivity contribution in [3.63, 3.8) is 0 Å². The molecule has 3 aromatic rings. The Bertz CT molecular complexity index is 834. The van der Waals surface area contributed by atoms with Crippen molar-refractivity contribution in [2.45, 2.75) is 11.8 Å². The van der Waals surface area contributed by atoms with Crippen molar-refractivity contribution in [2.24, 2.45) is 0 Å². The summed E-state index contributed by atoms with van der Waals surface area (Å²) in [6, 6.07) is 12.6. The smallest absolute Gasteiger partial charge is 0.257 e. The molecule has 4 nitrogen and oxygen atoms in total. The first-order valence-electron chi connectivity index (χ1n) is 6.80. The Morgan fingerprint density at radius 1 is 1.13 bits per heavy atom. The molecule has 0 fully saturated rings. The van der Waals surface area contributed by atoms with Crippen molar-refractivity contribution in [3.05, 3.63) is 58.1 Å². The van der Waals surface area contributed by atoms with Crippen molar-refractivity contribution in [1.29, 1.82) is 0 Å². The lowest BCUT2D eigenvalue weighted by molar-refractivity contribution is -0.118. The summed E-state index contributed by atoms with van der Waals surface area (Å²) in [6.45, 7) is 0.458. The molecule has 0 aliphatic heterocycles. The van der Waals surface area contributed by atoms with Crippen molar-refractivity contribution in [1.82, 2.24) is 10.3 Å². The van der Waals surface area contributed by atoms with E-state index in [-0.39, 0.29) is 11.7 Å². The van der Waals surface area contributed by atoms with Crippen molar-refractivity contribution >= 4 is 52.0 Å². The van der Waals surface area contributed by atoms with Crippen LogP contribution in [0.3, 0.4) is 0 Å². The third-order valence-corrected chi connectivity index (χ3v) is 4.38. The SMILES string of the molecule is O=C(CSc1nc2ccc(Cl)cc2o1)NCc1ccc(Cl)cc1. The second-order valence-corrected chi connectivity index (χ2v) is 6.58. The van der Waals surface area contributed by atoms with E-state index < -0.39 is 0 Å². The molecule has 0 aliphatic rings. The number of amides is 1. The number of hydrogen-bond donors (Lipinski definition) is 1. The van der Waals surface area contributed by atoms with Crippen LogP contribution in [0.2, 0.25) is 10.0 Å². The fraction of sp³-hybridized carbons (Fsp3) is 0.125. The van der Waals surface area contributed by atoms with E-state index >= 15 is 0 Å². The molecule has 0 aliphatic carbocycles. The number of nitrogens with zero attached hydrogens (tertiary/aromatic N) is 1. The van der Waals surface area contributed by atoms with Crippen LogP contribution in [-0.2, 0) is 11.3 Å². The molecule has 0 spiro atoms. The lowest BCUT2D eigenvalue weighted by atomic mass is 10.2. The van der Waals surface area contributed by atoms with Crippen molar-refractivity contribution in [2.75, 3.05) is 5.75 Å². The van der Waals surface area contributed by atoms with Gasteiger partial charge in [-0.3, -0.25) is 4.79 Å². The Labute approximate surface area is 147 Å². The molecule has 0 bridgehead atoms. The molecule has 0 saturated heterocycles. The topological polar surface area (TPSA) is 55.1 Å². The Kier molecular flexibility index (Phi) is 5.10. The van der Waals surface area contributed by atoms with Gasteiger partial charge >= 0.3 is 0 Å². The highest BCUT2D eigenvalue weighted by Gasteiger charge is 2.09. The zero-order valence-corrected chi connectivity index (χ0v) is 14.2. The average molecular weight is 367 g/mol. The Balaban J connectivity index is 1.52. The summed E-state index contributed by atoms with van der Waals surface area (Å²) in [4.78, 5) is 16.2. The third kappa shape index (κ3) is 4.41. The normalized spacial score (nSPS) is 10.9. The van der Waals surface area contributed by atoms with Gasteiger partial charge in [0.1, 0.15) is 5.52 Å². The predicted molar refractivity (Wildman–Crippen MR) is 93.0 cm³/mol. The zero-order chi connectivity index (χ0) is 16.2. The van der Waals surface area contributed by atoms with Gasteiger partial charge in [-0.2, -0.15) is 0 Å². The van der Waals surface area contributed by atoms with Gasteiger partial charge in [-0.15, -0.1) is 0 Å². The number of rotatable bonds is 5. The molecule has 118 valence electrons. The number of oxazole rings is 1. The molecule has 2 aromatic carbocycles. The first-order chi connectivity index (χ1) is 11.1. The van der Waals surface area contributed by atoms with Gasteiger partial charge in [-0.25, -0.2) is 4.98 Å². The molecule has 1 amide bonds. The van der Waals surface area contributed by atoms with Crippen LogP contribution in [0.4, 0.5) is 0 Å². The standard InChI is InChI=1S/C16H12Cl2N2O2S/c17-11-3-1-10(2-4-11)8-19-15(21)9-23-16-20-13-6-5-12(18)7-14(13)22-16/h1-7H,8-9H2,(H,19,21). The summed E-state index contributed by atoms with van der Waals surface area (Å²) >= 11 is 13.0. The molecule has 1 N–H and O–H groups in total. The highest BCUT2D eigenvalue weighted by molar-refractivity contribution is 7.99. The van der Waals surface area contributed by atoms with E-state index in [1.165, 1.54) is 11.8 Å². The number of thioether (sulfide) groups is 1. The van der Waals surface area contributed by atoms with Gasteiger partial charge in [0.05, 0.1) is 5.75 Å². The molecule has 1 aromatic heterocycles. The molecule has 0 unspecified atom stereocenters. The largest absolute Gasteiger partial charge is 0.431 e. The number of carbonyl (C=O) groups is 1. The number of carbonyl (C=O) groups excluding carboxylic acids is 1. The van der Waals surface area contributed by atoms with Gasteiger partial charge in [-0.1, -0.05) is 47.1 Å². The maximum Gasteiger partial charge on any atom is 0.257 e. The molecule has 1 heterocycles. The minimum atomic E-state index is -0.0924. The van der Waals surface area contributed by atoms with E-state index in [9.17, 15) is 4.79 Å². The second kappa shape index (κ2) is 7.25. The van der Waals surface area contributed by atoms with E-state index in [4.69, 9.17) is 27.6 Å². The summed E-state index contributed by atoms with van der Waals surface area (Å²) in [5, 5.41) is 4.55. The molecule has 0 atom stereocenters. The van der Waals surface area contributed by atoms with Gasteiger partial charge in [0.25, 0.3) is 5.22 Å². The van der Waals surface area contributed by atoms with Crippen molar-refractivity contribution in [3.8, 4) is 0 Å². The van der Waals surface area contributed by atoms with Crippen LogP contribution in [0.5, 0.6) is 0 Å². The van der Waals surface area contributed by atoms with Crippen LogP contribution >= 0.6 is 35.0 Å². The second-order valence-electron chi connectivity index (χ2n) is 4.78. The molecule has 3 rings (SSSR count). The fourth-order valence-electron chi connectivity index (χ4n) is 1.92. The van der Waals surface area contributed by atoms with E-state index in [0.717, 1.165) is 11.1 Å². The van der Waals surface area contributed by atoms with Gasteiger partial charge in [0.2, 0.25) is 5.91 Å².